The number of fused-ring (bicyclic) bond motifs is 1. The van der Waals surface area contributed by atoms with E-state index in [4.69, 9.17) is 16.3 Å². The van der Waals surface area contributed by atoms with E-state index in [2.05, 4.69) is 10.3 Å². The smallest absolute Gasteiger partial charge is 0.317 e. The monoisotopic (exact) mass is 432 g/mol. The number of hydrogen-bond acceptors (Lipinski definition) is 6. The summed E-state index contributed by atoms with van der Waals surface area (Å²) in [6.45, 7) is 1.88. The minimum atomic E-state index is -0.792. The zero-order chi connectivity index (χ0) is 21.3. The van der Waals surface area contributed by atoms with E-state index in [0.29, 0.717) is 38.3 Å². The second-order valence-corrected chi connectivity index (χ2v) is 7.41. The molecule has 4 rings (SSSR count). The number of pyridine rings is 1. The fraction of sp³-hybridized carbons (Fsp3) is 0.300. The molecule has 0 aliphatic carbocycles. The number of ether oxygens (including phenoxy) is 1. The molecule has 0 spiro atoms. The summed E-state index contributed by atoms with van der Waals surface area (Å²) in [5.41, 5.74) is 1.54. The normalized spacial score (nSPS) is 16.0. The van der Waals surface area contributed by atoms with Gasteiger partial charge in [0.25, 0.3) is 0 Å². The molecule has 0 atom stereocenters. The Morgan fingerprint density at radius 2 is 2.00 bits per heavy atom. The number of rotatable bonds is 2. The number of esters is 1. The first-order chi connectivity index (χ1) is 14.4. The van der Waals surface area contributed by atoms with Gasteiger partial charge in [-0.05, 0) is 24.6 Å². The van der Waals surface area contributed by atoms with Crippen LogP contribution in [-0.2, 0) is 20.8 Å². The number of halogens is 2. The molecule has 2 aromatic rings. The Bertz CT molecular complexity index is 1030. The highest BCUT2D eigenvalue weighted by atomic mass is 35.5. The number of benzene rings is 1. The Labute approximate surface area is 176 Å². The van der Waals surface area contributed by atoms with Crippen LogP contribution in [0.4, 0.5) is 15.8 Å². The maximum atomic E-state index is 13.4. The predicted molar refractivity (Wildman–Crippen MR) is 107 cm³/mol. The summed E-state index contributed by atoms with van der Waals surface area (Å²) in [6, 6.07) is 5.97. The molecule has 2 amide bonds. The van der Waals surface area contributed by atoms with Gasteiger partial charge in [-0.3, -0.25) is 19.4 Å². The largest absolute Gasteiger partial charge is 0.424 e. The van der Waals surface area contributed by atoms with Gasteiger partial charge in [-0.25, -0.2) is 4.39 Å². The molecule has 0 unspecified atom stereocenters. The lowest BCUT2D eigenvalue weighted by molar-refractivity contribution is -0.143. The van der Waals surface area contributed by atoms with E-state index in [1.54, 1.807) is 12.1 Å². The summed E-state index contributed by atoms with van der Waals surface area (Å²) in [5.74, 6) is -2.06. The molecule has 1 aromatic heterocycles. The topological polar surface area (TPSA) is 91.8 Å². The number of nitrogens with zero attached hydrogens (tertiary/aromatic N) is 3. The molecule has 2 aliphatic rings. The number of anilines is 2. The molecule has 30 heavy (non-hydrogen) atoms. The first kappa shape index (κ1) is 20.1. The highest BCUT2D eigenvalue weighted by molar-refractivity contribution is 6.39. The SMILES string of the molecule is O=C1Cc2ncc(NC(=O)C(=O)N3CCCN(c4ccc(F)c(Cl)c4)CC3)cc2O1. The standard InChI is InChI=1S/C20H18ClFN4O4/c21-14-9-13(2-3-15(14)22)25-4-1-5-26(7-6-25)20(29)19(28)24-12-8-17-16(23-11-12)10-18(27)30-17/h2-3,8-9,11H,1,4-7,10H2,(H,24,28). The first-order valence-electron chi connectivity index (χ1n) is 9.40. The van der Waals surface area contributed by atoms with Gasteiger partial charge in [-0.15, -0.1) is 0 Å². The fourth-order valence-electron chi connectivity index (χ4n) is 3.45. The molecule has 156 valence electrons. The lowest BCUT2D eigenvalue weighted by Crippen LogP contribution is -2.41. The summed E-state index contributed by atoms with van der Waals surface area (Å²) < 4.78 is 18.4. The Balaban J connectivity index is 1.37. The van der Waals surface area contributed by atoms with Crippen LogP contribution in [0.5, 0.6) is 5.75 Å². The quantitative estimate of drug-likeness (QED) is 0.576. The van der Waals surface area contributed by atoms with E-state index in [1.807, 2.05) is 4.90 Å². The maximum absolute atomic E-state index is 13.4. The van der Waals surface area contributed by atoms with Crippen molar-refractivity contribution in [3.63, 3.8) is 0 Å². The molecule has 3 heterocycles. The molecule has 0 radical (unpaired) electrons. The molecule has 1 saturated heterocycles. The van der Waals surface area contributed by atoms with Crippen LogP contribution in [-0.4, -0.2) is 53.8 Å². The van der Waals surface area contributed by atoms with Gasteiger partial charge in [0.1, 0.15) is 5.82 Å². The zero-order valence-electron chi connectivity index (χ0n) is 15.9. The van der Waals surface area contributed by atoms with Gasteiger partial charge in [-0.2, -0.15) is 0 Å². The third kappa shape index (κ3) is 4.20. The lowest BCUT2D eigenvalue weighted by Gasteiger charge is -2.23. The third-order valence-electron chi connectivity index (χ3n) is 4.97. The molecular weight excluding hydrogens is 415 g/mol. The van der Waals surface area contributed by atoms with Crippen LogP contribution in [0.1, 0.15) is 12.1 Å². The van der Waals surface area contributed by atoms with Gasteiger partial charge in [0, 0.05) is 37.9 Å². The molecule has 2 aliphatic heterocycles. The van der Waals surface area contributed by atoms with Gasteiger partial charge >= 0.3 is 17.8 Å². The summed E-state index contributed by atoms with van der Waals surface area (Å²) >= 11 is 5.86. The molecule has 0 saturated carbocycles. The van der Waals surface area contributed by atoms with Crippen molar-refractivity contribution in [1.29, 1.82) is 0 Å². The average Bonchev–Trinajstić information content (AvgIpc) is 2.93. The lowest BCUT2D eigenvalue weighted by atomic mass is 10.2. The van der Waals surface area contributed by atoms with Crippen molar-refractivity contribution in [2.24, 2.45) is 0 Å². The van der Waals surface area contributed by atoms with Crippen molar-refractivity contribution in [2.75, 3.05) is 36.4 Å². The Morgan fingerprint density at radius 3 is 2.80 bits per heavy atom. The number of hydrogen-bond donors (Lipinski definition) is 1. The fourth-order valence-corrected chi connectivity index (χ4v) is 3.62. The summed E-state index contributed by atoms with van der Waals surface area (Å²) in [6.07, 6.45) is 2.12. The number of carbonyl (C=O) groups excluding carboxylic acids is 3. The van der Waals surface area contributed by atoms with Gasteiger partial charge in [0.2, 0.25) is 0 Å². The number of amides is 2. The third-order valence-corrected chi connectivity index (χ3v) is 5.26. The van der Waals surface area contributed by atoms with Gasteiger partial charge in [0.15, 0.2) is 5.75 Å². The Hall–Kier alpha value is -3.20. The molecule has 8 nitrogen and oxygen atoms in total. The second kappa shape index (κ2) is 8.27. The average molecular weight is 433 g/mol. The van der Waals surface area contributed by atoms with Crippen LogP contribution < -0.4 is 15.0 Å². The molecule has 1 aromatic carbocycles. The van der Waals surface area contributed by atoms with E-state index >= 15 is 0 Å². The predicted octanol–water partition coefficient (Wildman–Crippen LogP) is 2.01. The molecular formula is C20H18ClFN4O4. The minimum absolute atomic E-state index is 0.0395. The van der Waals surface area contributed by atoms with Crippen molar-refractivity contribution in [1.82, 2.24) is 9.88 Å². The van der Waals surface area contributed by atoms with Crippen LogP contribution in [0.3, 0.4) is 0 Å². The summed E-state index contributed by atoms with van der Waals surface area (Å²) in [5, 5.41) is 2.54. The van der Waals surface area contributed by atoms with E-state index in [1.165, 1.54) is 23.2 Å². The highest BCUT2D eigenvalue weighted by Crippen LogP contribution is 2.27. The molecule has 0 bridgehead atoms. The van der Waals surface area contributed by atoms with Crippen LogP contribution in [0, 0.1) is 5.82 Å². The first-order valence-corrected chi connectivity index (χ1v) is 9.78. The number of nitrogens with one attached hydrogen (secondary N) is 1. The van der Waals surface area contributed by atoms with Crippen molar-refractivity contribution in [3.8, 4) is 5.75 Å². The van der Waals surface area contributed by atoms with Crippen LogP contribution in [0.15, 0.2) is 30.5 Å². The maximum Gasteiger partial charge on any atom is 0.317 e. The number of carbonyl (C=O) groups is 3. The van der Waals surface area contributed by atoms with Crippen LogP contribution in [0.2, 0.25) is 5.02 Å². The van der Waals surface area contributed by atoms with E-state index in [9.17, 15) is 18.8 Å². The van der Waals surface area contributed by atoms with E-state index < -0.39 is 23.6 Å². The van der Waals surface area contributed by atoms with Gasteiger partial charge in [0.05, 0.1) is 29.0 Å². The van der Waals surface area contributed by atoms with Crippen molar-refractivity contribution in [2.45, 2.75) is 12.8 Å². The van der Waals surface area contributed by atoms with Gasteiger partial charge < -0.3 is 19.9 Å². The number of aromatic nitrogens is 1. The zero-order valence-corrected chi connectivity index (χ0v) is 16.6. The Kier molecular flexibility index (Phi) is 5.54. The second-order valence-electron chi connectivity index (χ2n) is 7.01. The summed E-state index contributed by atoms with van der Waals surface area (Å²) in [7, 11) is 0. The van der Waals surface area contributed by atoms with Crippen LogP contribution in [0.25, 0.3) is 0 Å². The molecule has 1 fully saturated rings. The van der Waals surface area contributed by atoms with Crippen LogP contribution >= 0.6 is 11.6 Å². The van der Waals surface area contributed by atoms with E-state index in [-0.39, 0.29) is 22.9 Å². The van der Waals surface area contributed by atoms with Crippen molar-refractivity contribution < 1.29 is 23.5 Å². The highest BCUT2D eigenvalue weighted by Gasteiger charge is 2.26. The summed E-state index contributed by atoms with van der Waals surface area (Å²) in [4.78, 5) is 43.9. The Morgan fingerprint density at radius 1 is 1.17 bits per heavy atom. The molecule has 1 N–H and O–H groups in total. The van der Waals surface area contributed by atoms with Crippen molar-refractivity contribution >= 4 is 40.8 Å². The van der Waals surface area contributed by atoms with Gasteiger partial charge in [-0.1, -0.05) is 11.6 Å². The minimum Gasteiger partial charge on any atom is -0.424 e. The van der Waals surface area contributed by atoms with E-state index in [0.717, 1.165) is 5.69 Å². The van der Waals surface area contributed by atoms with Crippen molar-refractivity contribution in [3.05, 3.63) is 47.0 Å². The molecule has 10 heteroatoms.